The van der Waals surface area contributed by atoms with E-state index in [1.165, 1.54) is 18.5 Å². The minimum Gasteiger partial charge on any atom is -0.292 e. The summed E-state index contributed by atoms with van der Waals surface area (Å²) in [6.07, 6.45) is 6.25. The summed E-state index contributed by atoms with van der Waals surface area (Å²) < 4.78 is 30.5. The smallest absolute Gasteiger partial charge is 0.263 e. The Kier molecular flexibility index (Phi) is 4.63. The van der Waals surface area contributed by atoms with E-state index >= 15 is 0 Å². The first kappa shape index (κ1) is 18.0. The number of fused-ring (bicyclic) bond motifs is 1. The van der Waals surface area contributed by atoms with E-state index < -0.39 is 10.0 Å². The van der Waals surface area contributed by atoms with Gasteiger partial charge in [-0.15, -0.1) is 0 Å². The van der Waals surface area contributed by atoms with Crippen molar-refractivity contribution in [3.63, 3.8) is 0 Å². The number of aromatic nitrogens is 3. The quantitative estimate of drug-likeness (QED) is 0.479. The zero-order valence-corrected chi connectivity index (χ0v) is 16.8. The lowest BCUT2D eigenvalue weighted by atomic mass is 10.1. The maximum Gasteiger partial charge on any atom is 0.263 e. The third-order valence-electron chi connectivity index (χ3n) is 3.93. The number of rotatable bonds is 4. The minimum atomic E-state index is -3.82. The summed E-state index contributed by atoms with van der Waals surface area (Å²) in [5, 5.41) is 0.564. The molecule has 0 bridgehead atoms. The Labute approximate surface area is 169 Å². The molecule has 0 aliphatic heterocycles. The number of sulfonamides is 1. The Morgan fingerprint density at radius 2 is 1.93 bits per heavy atom. The van der Waals surface area contributed by atoms with Crippen molar-refractivity contribution in [3.05, 3.63) is 76.9 Å². The summed E-state index contributed by atoms with van der Waals surface area (Å²) in [6, 6.07) is 12.1. The lowest BCUT2D eigenvalue weighted by molar-refractivity contribution is 0.601. The van der Waals surface area contributed by atoms with E-state index in [2.05, 4.69) is 30.6 Å². The molecule has 3 heterocycles. The molecule has 136 valence electrons. The third-order valence-corrected chi connectivity index (χ3v) is 6.20. The number of halogens is 2. The second kappa shape index (κ2) is 6.95. The van der Waals surface area contributed by atoms with Crippen LogP contribution in [0.25, 0.3) is 16.8 Å². The first-order chi connectivity index (χ1) is 13.0. The van der Waals surface area contributed by atoms with Crippen LogP contribution in [0.15, 0.2) is 76.8 Å². The monoisotopic (exact) mass is 462 g/mol. The fourth-order valence-electron chi connectivity index (χ4n) is 2.69. The molecule has 9 heteroatoms. The highest BCUT2D eigenvalue weighted by atomic mass is 79.9. The fraction of sp³-hybridized carbons (Fsp3) is 0. The first-order valence-corrected chi connectivity index (χ1v) is 10.5. The Morgan fingerprint density at radius 1 is 1.11 bits per heavy atom. The van der Waals surface area contributed by atoms with Crippen LogP contribution < -0.4 is 4.72 Å². The molecular formula is C18H12BrClN4O2S. The van der Waals surface area contributed by atoms with Crippen molar-refractivity contribution in [1.29, 1.82) is 0 Å². The van der Waals surface area contributed by atoms with E-state index in [9.17, 15) is 8.42 Å². The molecular weight excluding hydrogens is 452 g/mol. The number of benzene rings is 1. The highest BCUT2D eigenvalue weighted by molar-refractivity contribution is 9.10. The number of imidazole rings is 1. The average molecular weight is 464 g/mol. The highest BCUT2D eigenvalue weighted by Crippen LogP contribution is 2.33. The number of anilines is 1. The average Bonchev–Trinajstić information content (AvgIpc) is 3.04. The van der Waals surface area contributed by atoms with E-state index in [0.29, 0.717) is 21.0 Å². The highest BCUT2D eigenvalue weighted by Gasteiger charge is 2.18. The van der Waals surface area contributed by atoms with Crippen molar-refractivity contribution in [2.45, 2.75) is 4.90 Å². The van der Waals surface area contributed by atoms with Gasteiger partial charge in [0, 0.05) is 34.7 Å². The number of hydrogen-bond donors (Lipinski definition) is 1. The Bertz CT molecular complexity index is 1240. The van der Waals surface area contributed by atoms with Crippen LogP contribution in [0, 0.1) is 0 Å². The molecule has 6 nitrogen and oxygen atoms in total. The number of nitrogens with one attached hydrogen (secondary N) is 1. The summed E-state index contributed by atoms with van der Waals surface area (Å²) in [5.74, 6) is 0. The molecule has 0 unspecified atom stereocenters. The molecule has 0 radical (unpaired) electrons. The molecule has 4 rings (SSSR count). The molecule has 0 aliphatic rings. The SMILES string of the molecule is O=S(=O)(Nc1cc(-c2ccccc2Cl)cn2c(Br)cnc12)c1cccnc1. The van der Waals surface area contributed by atoms with Gasteiger partial charge in [-0.3, -0.25) is 14.1 Å². The zero-order valence-electron chi connectivity index (χ0n) is 13.7. The van der Waals surface area contributed by atoms with Gasteiger partial charge in [0.05, 0.1) is 11.9 Å². The van der Waals surface area contributed by atoms with Gasteiger partial charge in [-0.1, -0.05) is 29.8 Å². The van der Waals surface area contributed by atoms with Crippen molar-refractivity contribution in [3.8, 4) is 11.1 Å². The maximum atomic E-state index is 12.7. The van der Waals surface area contributed by atoms with Crippen LogP contribution in [-0.4, -0.2) is 22.8 Å². The van der Waals surface area contributed by atoms with Gasteiger partial charge in [0.2, 0.25) is 0 Å². The standard InChI is InChI=1S/C18H12BrClN4O2S/c19-17-10-22-18-16(23-27(25,26)13-4-3-7-21-9-13)8-12(11-24(17)18)14-5-1-2-6-15(14)20/h1-11,23H. The molecule has 27 heavy (non-hydrogen) atoms. The first-order valence-electron chi connectivity index (χ1n) is 7.80. The van der Waals surface area contributed by atoms with Crippen LogP contribution in [-0.2, 0) is 10.0 Å². The van der Waals surface area contributed by atoms with Crippen LogP contribution in [0.4, 0.5) is 5.69 Å². The van der Waals surface area contributed by atoms with Gasteiger partial charge in [0.25, 0.3) is 10.0 Å². The van der Waals surface area contributed by atoms with Gasteiger partial charge >= 0.3 is 0 Å². The van der Waals surface area contributed by atoms with Crippen molar-refractivity contribution in [1.82, 2.24) is 14.4 Å². The van der Waals surface area contributed by atoms with Crippen molar-refractivity contribution in [2.75, 3.05) is 4.72 Å². The van der Waals surface area contributed by atoms with Crippen LogP contribution >= 0.6 is 27.5 Å². The van der Waals surface area contributed by atoms with Crippen LogP contribution in [0.1, 0.15) is 0 Å². The lowest BCUT2D eigenvalue weighted by Gasteiger charge is -2.12. The molecule has 3 aromatic heterocycles. The molecule has 0 amide bonds. The molecule has 0 fully saturated rings. The summed E-state index contributed by atoms with van der Waals surface area (Å²) >= 11 is 9.75. The Hall–Kier alpha value is -2.42. The van der Waals surface area contributed by atoms with Crippen LogP contribution in [0.5, 0.6) is 0 Å². The largest absolute Gasteiger partial charge is 0.292 e. The molecule has 0 aliphatic carbocycles. The van der Waals surface area contributed by atoms with E-state index in [1.807, 2.05) is 24.4 Å². The summed E-state index contributed by atoms with van der Waals surface area (Å²) in [5.41, 5.74) is 2.33. The van der Waals surface area contributed by atoms with E-state index in [0.717, 1.165) is 11.1 Å². The molecule has 0 atom stereocenters. The predicted molar refractivity (Wildman–Crippen MR) is 108 cm³/mol. The van der Waals surface area contributed by atoms with Gasteiger partial charge in [-0.2, -0.15) is 0 Å². The van der Waals surface area contributed by atoms with Crippen LogP contribution in [0.3, 0.4) is 0 Å². The molecule has 0 saturated carbocycles. The second-order valence-corrected chi connectivity index (χ2v) is 8.59. The van der Waals surface area contributed by atoms with Crippen molar-refractivity contribution in [2.24, 2.45) is 0 Å². The zero-order chi connectivity index (χ0) is 19.0. The van der Waals surface area contributed by atoms with Crippen molar-refractivity contribution < 1.29 is 8.42 Å². The van der Waals surface area contributed by atoms with Gasteiger partial charge in [-0.05, 0) is 40.2 Å². The summed E-state index contributed by atoms with van der Waals surface area (Å²) in [4.78, 5) is 8.23. The Balaban J connectivity index is 1.89. The third kappa shape index (κ3) is 3.43. The number of hydrogen-bond acceptors (Lipinski definition) is 4. The summed E-state index contributed by atoms with van der Waals surface area (Å²) in [6.45, 7) is 0. The Morgan fingerprint density at radius 3 is 2.67 bits per heavy atom. The molecule has 0 spiro atoms. The maximum absolute atomic E-state index is 12.7. The van der Waals surface area contributed by atoms with Gasteiger partial charge in [0.15, 0.2) is 5.65 Å². The van der Waals surface area contributed by atoms with Crippen molar-refractivity contribution >= 4 is 48.9 Å². The predicted octanol–water partition coefficient (Wildman–Crippen LogP) is 4.61. The van der Waals surface area contributed by atoms with Gasteiger partial charge < -0.3 is 0 Å². The lowest BCUT2D eigenvalue weighted by Crippen LogP contribution is -2.14. The molecule has 0 saturated heterocycles. The minimum absolute atomic E-state index is 0.0666. The molecule has 1 aromatic carbocycles. The number of nitrogens with zero attached hydrogens (tertiary/aromatic N) is 3. The van der Waals surface area contributed by atoms with Gasteiger partial charge in [-0.25, -0.2) is 13.4 Å². The second-order valence-electron chi connectivity index (χ2n) is 5.69. The molecule has 4 aromatic rings. The molecule has 1 N–H and O–H groups in total. The summed E-state index contributed by atoms with van der Waals surface area (Å²) in [7, 11) is -3.82. The van der Waals surface area contributed by atoms with E-state index in [-0.39, 0.29) is 4.90 Å². The fourth-order valence-corrected chi connectivity index (χ4v) is 4.32. The van der Waals surface area contributed by atoms with E-state index in [1.54, 1.807) is 28.8 Å². The van der Waals surface area contributed by atoms with E-state index in [4.69, 9.17) is 11.6 Å². The normalized spacial score (nSPS) is 11.6. The van der Waals surface area contributed by atoms with Crippen LogP contribution in [0.2, 0.25) is 5.02 Å². The van der Waals surface area contributed by atoms with Gasteiger partial charge in [0.1, 0.15) is 9.50 Å². The number of pyridine rings is 2. The topological polar surface area (TPSA) is 76.4 Å².